The highest BCUT2D eigenvalue weighted by Crippen LogP contribution is 2.32. The predicted molar refractivity (Wildman–Crippen MR) is 52.4 cm³/mol. The molecule has 0 aromatic carbocycles. The third-order valence-corrected chi connectivity index (χ3v) is 3.24. The van der Waals surface area contributed by atoms with Crippen molar-refractivity contribution in [1.82, 2.24) is 5.06 Å². The van der Waals surface area contributed by atoms with E-state index in [-0.39, 0.29) is 24.0 Å². The summed E-state index contributed by atoms with van der Waals surface area (Å²) < 4.78 is 5.60. The van der Waals surface area contributed by atoms with Crippen LogP contribution in [0.3, 0.4) is 0 Å². The van der Waals surface area contributed by atoms with Gasteiger partial charge in [0.25, 0.3) is 5.91 Å². The maximum absolute atomic E-state index is 11.8. The van der Waals surface area contributed by atoms with Crippen molar-refractivity contribution < 1.29 is 14.4 Å². The first-order chi connectivity index (χ1) is 6.49. The molecule has 0 bridgehead atoms. The van der Waals surface area contributed by atoms with Crippen molar-refractivity contribution in [3.8, 4) is 0 Å². The van der Waals surface area contributed by atoms with Gasteiger partial charge in [-0.1, -0.05) is 13.8 Å². The molecule has 1 aliphatic heterocycles. The van der Waals surface area contributed by atoms with Crippen LogP contribution in [0.5, 0.6) is 0 Å². The smallest absolute Gasteiger partial charge is 0.275 e. The fourth-order valence-corrected chi connectivity index (χ4v) is 1.73. The SMILES string of the molecule is CON(C)C(=O)[C@H]1OC(C)[C@H](C)[C@@H]1C. The minimum atomic E-state index is -0.357. The van der Waals surface area contributed by atoms with Gasteiger partial charge in [0.05, 0.1) is 13.2 Å². The molecule has 1 fully saturated rings. The highest BCUT2D eigenvalue weighted by Gasteiger charge is 2.41. The Morgan fingerprint density at radius 2 is 1.86 bits per heavy atom. The number of amides is 1. The number of rotatable bonds is 2. The topological polar surface area (TPSA) is 38.8 Å². The van der Waals surface area contributed by atoms with Gasteiger partial charge < -0.3 is 4.74 Å². The van der Waals surface area contributed by atoms with Crippen LogP contribution in [-0.4, -0.2) is 37.3 Å². The standard InChI is InChI=1S/C10H19NO3/c1-6-7(2)9(14-8(6)3)10(12)11(4)13-5/h6-9H,1-5H3/t6-,7+,8?,9+/m1/s1. The van der Waals surface area contributed by atoms with Gasteiger partial charge in [0.2, 0.25) is 0 Å². The van der Waals surface area contributed by atoms with Crippen molar-refractivity contribution in [1.29, 1.82) is 0 Å². The monoisotopic (exact) mass is 201 g/mol. The first-order valence-electron chi connectivity index (χ1n) is 4.96. The molecule has 0 spiro atoms. The number of hydrogen-bond donors (Lipinski definition) is 0. The fourth-order valence-electron chi connectivity index (χ4n) is 1.73. The molecular weight excluding hydrogens is 182 g/mol. The van der Waals surface area contributed by atoms with Crippen LogP contribution in [0, 0.1) is 11.8 Å². The van der Waals surface area contributed by atoms with Crippen molar-refractivity contribution in [2.45, 2.75) is 33.0 Å². The second-order valence-corrected chi connectivity index (χ2v) is 4.00. The lowest BCUT2D eigenvalue weighted by atomic mass is 9.90. The average molecular weight is 201 g/mol. The van der Waals surface area contributed by atoms with Gasteiger partial charge in [0, 0.05) is 7.05 Å². The van der Waals surface area contributed by atoms with E-state index in [4.69, 9.17) is 9.57 Å². The van der Waals surface area contributed by atoms with Gasteiger partial charge >= 0.3 is 0 Å². The summed E-state index contributed by atoms with van der Waals surface area (Å²) in [6.45, 7) is 6.15. The number of carbonyl (C=O) groups excluding carboxylic acids is 1. The van der Waals surface area contributed by atoms with Crippen LogP contribution in [0.25, 0.3) is 0 Å². The minimum absolute atomic E-state index is 0.101. The number of hydroxylamine groups is 2. The molecule has 0 saturated carbocycles. The average Bonchev–Trinajstić information content (AvgIpc) is 2.43. The van der Waals surface area contributed by atoms with E-state index in [2.05, 4.69) is 6.92 Å². The van der Waals surface area contributed by atoms with Crippen LogP contribution in [0.15, 0.2) is 0 Å². The molecule has 1 rings (SSSR count). The van der Waals surface area contributed by atoms with E-state index in [1.165, 1.54) is 12.2 Å². The molecular formula is C10H19NO3. The van der Waals surface area contributed by atoms with Crippen LogP contribution < -0.4 is 0 Å². The Hall–Kier alpha value is -0.610. The largest absolute Gasteiger partial charge is 0.365 e. The lowest BCUT2D eigenvalue weighted by Crippen LogP contribution is -2.38. The maximum atomic E-state index is 11.8. The summed E-state index contributed by atoms with van der Waals surface area (Å²) in [7, 11) is 3.08. The molecule has 0 N–H and O–H groups in total. The molecule has 1 amide bonds. The van der Waals surface area contributed by atoms with Gasteiger partial charge in [0.1, 0.15) is 6.10 Å². The fraction of sp³-hybridized carbons (Fsp3) is 0.900. The lowest BCUT2D eigenvalue weighted by Gasteiger charge is -2.20. The maximum Gasteiger partial charge on any atom is 0.275 e. The van der Waals surface area contributed by atoms with Crippen LogP contribution in [0.1, 0.15) is 20.8 Å². The van der Waals surface area contributed by atoms with E-state index in [9.17, 15) is 4.79 Å². The highest BCUT2D eigenvalue weighted by molar-refractivity contribution is 5.80. The van der Waals surface area contributed by atoms with Gasteiger partial charge in [-0.15, -0.1) is 0 Å². The summed E-state index contributed by atoms with van der Waals surface area (Å²) in [6.07, 6.45) is -0.214. The Morgan fingerprint density at radius 1 is 1.29 bits per heavy atom. The Balaban J connectivity index is 2.66. The first kappa shape index (κ1) is 11.5. The second-order valence-electron chi connectivity index (χ2n) is 4.00. The van der Waals surface area contributed by atoms with Crippen molar-refractivity contribution in [3.05, 3.63) is 0 Å². The van der Waals surface area contributed by atoms with Crippen LogP contribution in [-0.2, 0) is 14.4 Å². The summed E-state index contributed by atoms with van der Waals surface area (Å²) in [5.74, 6) is 0.556. The predicted octanol–water partition coefficient (Wildman–Crippen LogP) is 1.07. The number of hydrogen-bond acceptors (Lipinski definition) is 3. The van der Waals surface area contributed by atoms with Crippen LogP contribution >= 0.6 is 0 Å². The van der Waals surface area contributed by atoms with Gasteiger partial charge in [-0.25, -0.2) is 5.06 Å². The molecule has 1 unspecified atom stereocenters. The zero-order chi connectivity index (χ0) is 10.9. The minimum Gasteiger partial charge on any atom is -0.365 e. The van der Waals surface area contributed by atoms with E-state index in [1.54, 1.807) is 7.05 Å². The molecule has 14 heavy (non-hydrogen) atoms. The molecule has 0 aliphatic carbocycles. The van der Waals surface area contributed by atoms with Crippen molar-refractivity contribution in [3.63, 3.8) is 0 Å². The van der Waals surface area contributed by atoms with Crippen molar-refractivity contribution in [2.24, 2.45) is 11.8 Å². The van der Waals surface area contributed by atoms with Crippen molar-refractivity contribution in [2.75, 3.05) is 14.2 Å². The molecule has 0 aromatic rings. The summed E-state index contributed by atoms with van der Waals surface area (Å²) in [5.41, 5.74) is 0. The second kappa shape index (κ2) is 4.28. The normalized spacial score (nSPS) is 37.2. The van der Waals surface area contributed by atoms with E-state index >= 15 is 0 Å². The van der Waals surface area contributed by atoms with E-state index in [0.717, 1.165) is 0 Å². The molecule has 1 saturated heterocycles. The van der Waals surface area contributed by atoms with Gasteiger partial charge in [0.15, 0.2) is 0 Å². The Morgan fingerprint density at radius 3 is 2.21 bits per heavy atom. The number of likely N-dealkylation sites (N-methyl/N-ethyl adjacent to an activating group) is 1. The number of carbonyl (C=O) groups is 1. The molecule has 4 heteroatoms. The van der Waals surface area contributed by atoms with Crippen LogP contribution in [0.4, 0.5) is 0 Å². The lowest BCUT2D eigenvalue weighted by molar-refractivity contribution is -0.181. The van der Waals surface area contributed by atoms with Gasteiger partial charge in [-0.3, -0.25) is 9.63 Å². The zero-order valence-electron chi connectivity index (χ0n) is 9.48. The highest BCUT2D eigenvalue weighted by atomic mass is 16.7. The Bertz CT molecular complexity index is 219. The van der Waals surface area contributed by atoms with Gasteiger partial charge in [-0.2, -0.15) is 0 Å². The molecule has 0 aromatic heterocycles. The summed E-state index contributed by atoms with van der Waals surface area (Å²) in [4.78, 5) is 16.6. The first-order valence-corrected chi connectivity index (χ1v) is 4.96. The quantitative estimate of drug-likeness (QED) is 0.627. The summed E-state index contributed by atoms with van der Waals surface area (Å²) >= 11 is 0. The summed E-state index contributed by atoms with van der Waals surface area (Å²) in [5, 5.41) is 1.23. The van der Waals surface area contributed by atoms with Crippen LogP contribution in [0.2, 0.25) is 0 Å². The molecule has 1 heterocycles. The molecule has 1 aliphatic rings. The summed E-state index contributed by atoms with van der Waals surface area (Å²) in [6, 6.07) is 0. The molecule has 0 radical (unpaired) electrons. The molecule has 4 atom stereocenters. The zero-order valence-corrected chi connectivity index (χ0v) is 9.48. The number of ether oxygens (including phenoxy) is 1. The Labute approximate surface area is 85.1 Å². The third-order valence-electron chi connectivity index (χ3n) is 3.24. The third kappa shape index (κ3) is 1.91. The number of nitrogens with zero attached hydrogens (tertiary/aromatic N) is 1. The Kier molecular flexibility index (Phi) is 3.50. The van der Waals surface area contributed by atoms with E-state index in [0.29, 0.717) is 5.92 Å². The van der Waals surface area contributed by atoms with E-state index in [1.807, 2.05) is 13.8 Å². The van der Waals surface area contributed by atoms with Gasteiger partial charge in [-0.05, 0) is 18.8 Å². The molecule has 4 nitrogen and oxygen atoms in total. The van der Waals surface area contributed by atoms with Crippen molar-refractivity contribution >= 4 is 5.91 Å². The van der Waals surface area contributed by atoms with E-state index < -0.39 is 0 Å². The molecule has 82 valence electrons.